The van der Waals surface area contributed by atoms with Crippen molar-refractivity contribution in [2.45, 2.75) is 31.6 Å². The first-order valence-corrected chi connectivity index (χ1v) is 6.07. The number of carbonyl (C=O) groups excluding carboxylic acids is 1. The molecule has 1 aliphatic carbocycles. The molecule has 18 heavy (non-hydrogen) atoms. The fourth-order valence-electron chi connectivity index (χ4n) is 2.24. The van der Waals surface area contributed by atoms with Gasteiger partial charge in [0.15, 0.2) is 5.82 Å². The number of ketones is 1. The van der Waals surface area contributed by atoms with Crippen molar-refractivity contribution in [1.29, 1.82) is 0 Å². The van der Waals surface area contributed by atoms with Gasteiger partial charge in [-0.3, -0.25) is 9.78 Å². The summed E-state index contributed by atoms with van der Waals surface area (Å²) in [5, 5.41) is 3.92. The highest BCUT2D eigenvalue weighted by Crippen LogP contribution is 2.30. The number of nitrogens with zero attached hydrogens (tertiary/aromatic N) is 3. The van der Waals surface area contributed by atoms with Crippen molar-refractivity contribution >= 4 is 5.78 Å². The number of pyridine rings is 1. The van der Waals surface area contributed by atoms with Crippen molar-refractivity contribution in [2.75, 3.05) is 0 Å². The van der Waals surface area contributed by atoms with Gasteiger partial charge >= 0.3 is 0 Å². The summed E-state index contributed by atoms with van der Waals surface area (Å²) in [7, 11) is 0. The Morgan fingerprint density at radius 3 is 3.11 bits per heavy atom. The molecule has 0 spiro atoms. The molecule has 5 nitrogen and oxygen atoms in total. The molecule has 1 saturated carbocycles. The minimum absolute atomic E-state index is 0.180. The Kier molecular flexibility index (Phi) is 2.88. The zero-order valence-corrected chi connectivity index (χ0v) is 9.87. The number of hydrogen-bond donors (Lipinski definition) is 0. The molecule has 1 aliphatic rings. The first-order chi connectivity index (χ1) is 8.83. The molecule has 1 fully saturated rings. The second kappa shape index (κ2) is 4.68. The molecule has 0 bridgehead atoms. The zero-order chi connectivity index (χ0) is 12.4. The van der Waals surface area contributed by atoms with Gasteiger partial charge in [0.1, 0.15) is 5.78 Å². The Balaban J connectivity index is 1.76. The summed E-state index contributed by atoms with van der Waals surface area (Å²) in [5.74, 6) is 1.11. The van der Waals surface area contributed by atoms with Crippen LogP contribution < -0.4 is 0 Å². The van der Waals surface area contributed by atoms with Crippen LogP contribution in [0.2, 0.25) is 0 Å². The van der Waals surface area contributed by atoms with Crippen LogP contribution in [0.4, 0.5) is 0 Å². The maximum atomic E-state index is 11.6. The van der Waals surface area contributed by atoms with Gasteiger partial charge in [0, 0.05) is 25.2 Å². The predicted octanol–water partition coefficient (Wildman–Crippen LogP) is 1.89. The Morgan fingerprint density at radius 1 is 1.44 bits per heavy atom. The molecule has 0 aromatic carbocycles. The van der Waals surface area contributed by atoms with Gasteiger partial charge in [-0.15, -0.1) is 0 Å². The van der Waals surface area contributed by atoms with Gasteiger partial charge < -0.3 is 4.52 Å². The fourth-order valence-corrected chi connectivity index (χ4v) is 2.24. The van der Waals surface area contributed by atoms with Crippen molar-refractivity contribution in [3.05, 3.63) is 41.8 Å². The third-order valence-electron chi connectivity index (χ3n) is 3.17. The smallest absolute Gasteiger partial charge is 0.237 e. The van der Waals surface area contributed by atoms with Gasteiger partial charge in [-0.1, -0.05) is 11.2 Å². The molecule has 2 aromatic heterocycles. The molecule has 0 radical (unpaired) electrons. The maximum absolute atomic E-state index is 11.6. The summed E-state index contributed by atoms with van der Waals surface area (Å²) in [6.07, 6.45) is 6.46. The van der Waals surface area contributed by atoms with Gasteiger partial charge in [-0.05, 0) is 24.5 Å². The Morgan fingerprint density at radius 2 is 2.39 bits per heavy atom. The Labute approximate surface area is 104 Å². The second-order valence-electron chi connectivity index (χ2n) is 4.50. The van der Waals surface area contributed by atoms with Crippen LogP contribution in [0.25, 0.3) is 0 Å². The molecule has 92 valence electrons. The van der Waals surface area contributed by atoms with E-state index in [1.54, 1.807) is 12.4 Å². The first-order valence-electron chi connectivity index (χ1n) is 6.07. The normalized spacial score (nSPS) is 19.3. The summed E-state index contributed by atoms with van der Waals surface area (Å²) >= 11 is 0. The van der Waals surface area contributed by atoms with Gasteiger partial charge in [0.2, 0.25) is 5.89 Å². The van der Waals surface area contributed by atoms with E-state index in [-0.39, 0.29) is 11.7 Å². The highest BCUT2D eigenvalue weighted by molar-refractivity contribution is 5.86. The van der Waals surface area contributed by atoms with Crippen LogP contribution in [0, 0.1) is 0 Å². The third-order valence-corrected chi connectivity index (χ3v) is 3.17. The minimum Gasteiger partial charge on any atom is -0.339 e. The molecule has 1 unspecified atom stereocenters. The lowest BCUT2D eigenvalue weighted by Crippen LogP contribution is -2.04. The highest BCUT2D eigenvalue weighted by Gasteiger charge is 2.30. The molecular weight excluding hydrogens is 230 g/mol. The molecular formula is C13H13N3O2. The van der Waals surface area contributed by atoms with Crippen molar-refractivity contribution in [3.8, 4) is 0 Å². The van der Waals surface area contributed by atoms with Crippen LogP contribution in [0.3, 0.4) is 0 Å². The molecule has 0 aliphatic heterocycles. The van der Waals surface area contributed by atoms with E-state index < -0.39 is 0 Å². The number of Topliss-reactive ketones (excluding diaryl/α,β-unsaturated/α-hetero) is 1. The van der Waals surface area contributed by atoms with Crippen LogP contribution >= 0.6 is 0 Å². The van der Waals surface area contributed by atoms with E-state index >= 15 is 0 Å². The summed E-state index contributed by atoms with van der Waals surface area (Å²) in [6.45, 7) is 0. The van der Waals surface area contributed by atoms with Gasteiger partial charge in [0.25, 0.3) is 0 Å². The number of rotatable bonds is 3. The largest absolute Gasteiger partial charge is 0.339 e. The maximum Gasteiger partial charge on any atom is 0.237 e. The lowest BCUT2D eigenvalue weighted by atomic mass is 10.1. The molecule has 0 saturated heterocycles. The minimum atomic E-state index is -0.180. The zero-order valence-electron chi connectivity index (χ0n) is 9.87. The third kappa shape index (κ3) is 2.16. The summed E-state index contributed by atoms with van der Waals surface area (Å²) in [6, 6.07) is 3.83. The van der Waals surface area contributed by atoms with Gasteiger partial charge in [-0.25, -0.2) is 0 Å². The molecule has 2 heterocycles. The van der Waals surface area contributed by atoms with Crippen LogP contribution in [0.1, 0.15) is 42.5 Å². The highest BCUT2D eigenvalue weighted by atomic mass is 16.5. The molecule has 0 N–H and O–H groups in total. The van der Waals surface area contributed by atoms with E-state index in [0.29, 0.717) is 24.6 Å². The molecule has 1 atom stereocenters. The lowest BCUT2D eigenvalue weighted by Gasteiger charge is -1.98. The van der Waals surface area contributed by atoms with E-state index in [4.69, 9.17) is 4.52 Å². The number of carbonyl (C=O) groups is 1. The molecule has 3 rings (SSSR count). The van der Waals surface area contributed by atoms with Crippen molar-refractivity contribution in [2.24, 2.45) is 0 Å². The average Bonchev–Trinajstić information content (AvgIpc) is 2.99. The van der Waals surface area contributed by atoms with E-state index in [1.165, 1.54) is 0 Å². The van der Waals surface area contributed by atoms with Crippen molar-refractivity contribution in [1.82, 2.24) is 15.1 Å². The van der Waals surface area contributed by atoms with Crippen molar-refractivity contribution in [3.63, 3.8) is 0 Å². The average molecular weight is 243 g/mol. The van der Waals surface area contributed by atoms with E-state index in [0.717, 1.165) is 18.4 Å². The molecule has 0 amide bonds. The summed E-state index contributed by atoms with van der Waals surface area (Å²) in [4.78, 5) is 20.0. The summed E-state index contributed by atoms with van der Waals surface area (Å²) < 4.78 is 5.19. The monoisotopic (exact) mass is 243 g/mol. The van der Waals surface area contributed by atoms with E-state index in [9.17, 15) is 4.79 Å². The van der Waals surface area contributed by atoms with E-state index in [2.05, 4.69) is 15.1 Å². The van der Waals surface area contributed by atoms with Gasteiger partial charge in [-0.2, -0.15) is 4.98 Å². The molecule has 2 aromatic rings. The summed E-state index contributed by atoms with van der Waals surface area (Å²) in [5.41, 5.74) is 1.03. The second-order valence-corrected chi connectivity index (χ2v) is 4.50. The van der Waals surface area contributed by atoms with Crippen molar-refractivity contribution < 1.29 is 9.32 Å². The lowest BCUT2D eigenvalue weighted by molar-refractivity contribution is -0.119. The van der Waals surface area contributed by atoms with Crippen LogP contribution in [0.5, 0.6) is 0 Å². The van der Waals surface area contributed by atoms with Crippen LogP contribution in [-0.2, 0) is 11.2 Å². The van der Waals surface area contributed by atoms with Gasteiger partial charge in [0.05, 0.1) is 5.92 Å². The Hall–Kier alpha value is -2.04. The van der Waals surface area contributed by atoms with Crippen LogP contribution in [0.15, 0.2) is 29.0 Å². The Bertz CT molecular complexity index is 550. The quantitative estimate of drug-likeness (QED) is 0.823. The SMILES string of the molecule is O=C1CCCC1c1nc(Cc2cccnc2)no1. The van der Waals surface area contributed by atoms with Crippen LogP contribution in [-0.4, -0.2) is 20.9 Å². The molecule has 5 heteroatoms. The topological polar surface area (TPSA) is 68.9 Å². The number of aromatic nitrogens is 3. The number of hydrogen-bond acceptors (Lipinski definition) is 5. The van der Waals surface area contributed by atoms with E-state index in [1.807, 2.05) is 12.1 Å². The first kappa shape index (κ1) is 11.1. The predicted molar refractivity (Wildman–Crippen MR) is 62.9 cm³/mol. The fraction of sp³-hybridized carbons (Fsp3) is 0.385. The standard InChI is InChI=1S/C13H13N3O2/c17-11-5-1-4-10(11)13-15-12(16-18-13)7-9-3-2-6-14-8-9/h2-3,6,8,10H,1,4-5,7H2.